The number of hydrogen-bond acceptors (Lipinski definition) is 6. The number of anilines is 1. The molecular formula is C19H28Cl2FN5O3. The molecule has 3 N–H and O–H groups in total. The molecular weight excluding hydrogens is 436 g/mol. The third-order valence-corrected chi connectivity index (χ3v) is 5.09. The average molecular weight is 464 g/mol. The molecule has 0 bridgehead atoms. The van der Waals surface area contributed by atoms with Crippen molar-refractivity contribution in [2.45, 2.75) is 31.7 Å². The summed E-state index contributed by atoms with van der Waals surface area (Å²) in [6.45, 7) is 3.62. The third kappa shape index (κ3) is 7.39. The maximum Gasteiger partial charge on any atom is 0.267 e. The van der Waals surface area contributed by atoms with Crippen LogP contribution < -0.4 is 10.8 Å². The van der Waals surface area contributed by atoms with Crippen molar-refractivity contribution in [3.05, 3.63) is 29.7 Å². The monoisotopic (exact) mass is 463 g/mol. The first-order chi connectivity index (χ1) is 13.5. The zero-order valence-electron chi connectivity index (χ0n) is 16.6. The van der Waals surface area contributed by atoms with Gasteiger partial charge >= 0.3 is 0 Å². The summed E-state index contributed by atoms with van der Waals surface area (Å²) in [7, 11) is 0. The summed E-state index contributed by atoms with van der Waals surface area (Å²) in [5, 5.41) is 11.5. The van der Waals surface area contributed by atoms with Crippen LogP contribution in [0.4, 0.5) is 10.2 Å². The van der Waals surface area contributed by atoms with Crippen LogP contribution in [0.25, 0.3) is 6.08 Å². The molecule has 0 aliphatic carbocycles. The molecule has 0 unspecified atom stereocenters. The van der Waals surface area contributed by atoms with Crippen LogP contribution in [0.5, 0.6) is 0 Å². The summed E-state index contributed by atoms with van der Waals surface area (Å²) in [5.41, 5.74) is 1.86. The van der Waals surface area contributed by atoms with E-state index in [4.69, 9.17) is 5.21 Å². The Morgan fingerprint density at radius 3 is 2.63 bits per heavy atom. The molecule has 0 aromatic carbocycles. The van der Waals surface area contributed by atoms with Crippen LogP contribution in [0.15, 0.2) is 18.3 Å². The van der Waals surface area contributed by atoms with Gasteiger partial charge in [0.15, 0.2) is 11.6 Å². The molecule has 1 atom stereocenters. The Bertz CT molecular complexity index is 747. The van der Waals surface area contributed by atoms with Gasteiger partial charge in [-0.2, -0.15) is 0 Å². The van der Waals surface area contributed by atoms with E-state index in [1.807, 2.05) is 4.90 Å². The number of carbonyl (C=O) groups is 2. The number of nitrogens with one attached hydrogen (secondary N) is 2. The van der Waals surface area contributed by atoms with Crippen LogP contribution >= 0.6 is 24.8 Å². The van der Waals surface area contributed by atoms with Gasteiger partial charge in [0.2, 0.25) is 5.91 Å². The number of likely N-dealkylation sites (tertiary alicyclic amines) is 2. The maximum atomic E-state index is 14.3. The standard InChI is InChI=1S/C19H26FN5O3.2ClH/c20-16-10-14(4-5-17(26)23-28)11-21-19(16)22-15-6-9-25(12-15)18(27)13-24-7-2-1-3-8-24;;/h4-5,10-11,15,28H,1-3,6-9,12-13H2,(H,21,22)(H,23,26);2*1H/b5-4+;;/t15-;;/m1../s1. The lowest BCUT2D eigenvalue weighted by Crippen LogP contribution is -2.42. The molecule has 2 fully saturated rings. The maximum absolute atomic E-state index is 14.3. The molecule has 168 valence electrons. The van der Waals surface area contributed by atoms with Crippen LogP contribution in [-0.2, 0) is 9.59 Å². The van der Waals surface area contributed by atoms with E-state index in [-0.39, 0.29) is 42.6 Å². The van der Waals surface area contributed by atoms with Gasteiger partial charge in [-0.15, -0.1) is 24.8 Å². The van der Waals surface area contributed by atoms with Crippen LogP contribution in [0, 0.1) is 5.82 Å². The summed E-state index contributed by atoms with van der Waals surface area (Å²) in [5.74, 6) is -0.992. The summed E-state index contributed by atoms with van der Waals surface area (Å²) in [4.78, 5) is 31.6. The Kier molecular flexibility index (Phi) is 11.0. The fourth-order valence-corrected chi connectivity index (χ4v) is 3.57. The lowest BCUT2D eigenvalue weighted by molar-refractivity contribution is -0.131. The van der Waals surface area contributed by atoms with Gasteiger partial charge in [0.1, 0.15) is 0 Å². The smallest absolute Gasteiger partial charge is 0.267 e. The van der Waals surface area contributed by atoms with E-state index in [0.29, 0.717) is 25.2 Å². The molecule has 0 radical (unpaired) electrons. The van der Waals surface area contributed by atoms with E-state index in [2.05, 4.69) is 15.2 Å². The SMILES string of the molecule is Cl.Cl.O=C(/C=C/c1cnc(N[C@@H]2CCN(C(=O)CN3CCCCC3)C2)c(F)c1)NO. The summed E-state index contributed by atoms with van der Waals surface area (Å²) >= 11 is 0. The van der Waals surface area contributed by atoms with Gasteiger partial charge in [-0.25, -0.2) is 14.9 Å². The predicted molar refractivity (Wildman–Crippen MR) is 117 cm³/mol. The molecule has 2 saturated heterocycles. The van der Waals surface area contributed by atoms with Gasteiger partial charge in [0, 0.05) is 31.4 Å². The lowest BCUT2D eigenvalue weighted by Gasteiger charge is -2.28. The second kappa shape index (κ2) is 12.7. The summed E-state index contributed by atoms with van der Waals surface area (Å²) < 4.78 is 14.3. The number of pyridine rings is 1. The number of amides is 2. The number of aromatic nitrogens is 1. The molecule has 0 saturated carbocycles. The zero-order chi connectivity index (χ0) is 19.9. The first-order valence-corrected chi connectivity index (χ1v) is 9.59. The number of hydrogen-bond donors (Lipinski definition) is 3. The Hall–Kier alpha value is -1.94. The molecule has 2 aliphatic rings. The molecule has 8 nitrogen and oxygen atoms in total. The Morgan fingerprint density at radius 1 is 1.23 bits per heavy atom. The van der Waals surface area contributed by atoms with Gasteiger partial charge in [0.05, 0.1) is 6.54 Å². The van der Waals surface area contributed by atoms with Crippen LogP contribution in [0.1, 0.15) is 31.2 Å². The minimum atomic E-state index is -0.706. The molecule has 3 rings (SSSR count). The minimum absolute atomic E-state index is 0. The second-order valence-corrected chi connectivity index (χ2v) is 7.21. The van der Waals surface area contributed by atoms with Crippen molar-refractivity contribution < 1.29 is 19.2 Å². The van der Waals surface area contributed by atoms with Crippen LogP contribution in [-0.4, -0.2) is 70.6 Å². The van der Waals surface area contributed by atoms with Crippen LogP contribution in [0.2, 0.25) is 0 Å². The first-order valence-electron chi connectivity index (χ1n) is 9.59. The van der Waals surface area contributed by atoms with Crippen molar-refractivity contribution in [3.63, 3.8) is 0 Å². The van der Waals surface area contributed by atoms with Crippen molar-refractivity contribution in [2.75, 3.05) is 38.0 Å². The Balaban J connectivity index is 0.00000225. The van der Waals surface area contributed by atoms with E-state index in [1.54, 1.807) is 0 Å². The highest BCUT2D eigenvalue weighted by Crippen LogP contribution is 2.19. The Labute approximate surface area is 187 Å². The van der Waals surface area contributed by atoms with Crippen molar-refractivity contribution in [3.8, 4) is 0 Å². The van der Waals surface area contributed by atoms with Gasteiger partial charge in [-0.3, -0.25) is 19.7 Å². The van der Waals surface area contributed by atoms with Gasteiger partial charge in [-0.05, 0) is 50.1 Å². The van der Waals surface area contributed by atoms with Crippen molar-refractivity contribution in [1.82, 2.24) is 20.3 Å². The van der Waals surface area contributed by atoms with E-state index >= 15 is 0 Å². The number of nitrogens with zero attached hydrogens (tertiary/aromatic N) is 3. The number of rotatable bonds is 6. The average Bonchev–Trinajstić information content (AvgIpc) is 3.17. The molecule has 2 aliphatic heterocycles. The largest absolute Gasteiger partial charge is 0.363 e. The number of carbonyl (C=O) groups excluding carboxylic acids is 2. The first kappa shape index (κ1) is 26.1. The van der Waals surface area contributed by atoms with E-state index in [0.717, 1.165) is 38.4 Å². The fourth-order valence-electron chi connectivity index (χ4n) is 3.57. The number of hydroxylamine groups is 1. The minimum Gasteiger partial charge on any atom is -0.363 e. The van der Waals surface area contributed by atoms with E-state index in [9.17, 15) is 14.0 Å². The molecule has 11 heteroatoms. The number of piperidine rings is 1. The molecule has 2 amide bonds. The normalized spacial score (nSPS) is 19.1. The summed E-state index contributed by atoms with van der Waals surface area (Å²) in [6.07, 6.45) is 8.14. The molecule has 1 aromatic rings. The molecule has 0 spiro atoms. The van der Waals surface area contributed by atoms with Crippen LogP contribution in [0.3, 0.4) is 0 Å². The molecule has 30 heavy (non-hydrogen) atoms. The zero-order valence-corrected chi connectivity index (χ0v) is 18.2. The van der Waals surface area contributed by atoms with Gasteiger partial charge in [-0.1, -0.05) is 6.42 Å². The Morgan fingerprint density at radius 2 is 1.97 bits per heavy atom. The topological polar surface area (TPSA) is 97.8 Å². The fraction of sp³-hybridized carbons (Fsp3) is 0.526. The third-order valence-electron chi connectivity index (χ3n) is 5.09. The van der Waals surface area contributed by atoms with Gasteiger partial charge < -0.3 is 10.2 Å². The van der Waals surface area contributed by atoms with Crippen molar-refractivity contribution in [1.29, 1.82) is 0 Å². The van der Waals surface area contributed by atoms with Gasteiger partial charge in [0.25, 0.3) is 5.91 Å². The highest BCUT2D eigenvalue weighted by molar-refractivity contribution is 5.90. The lowest BCUT2D eigenvalue weighted by atomic mass is 10.1. The predicted octanol–water partition coefficient (Wildman–Crippen LogP) is 2.08. The second-order valence-electron chi connectivity index (χ2n) is 7.21. The highest BCUT2D eigenvalue weighted by atomic mass is 35.5. The quantitative estimate of drug-likeness (QED) is 0.339. The summed E-state index contributed by atoms with van der Waals surface area (Å²) in [6, 6.07) is 1.21. The van der Waals surface area contributed by atoms with E-state index < -0.39 is 11.7 Å². The molecule has 3 heterocycles. The number of halogens is 3. The highest BCUT2D eigenvalue weighted by Gasteiger charge is 2.28. The van der Waals surface area contributed by atoms with E-state index in [1.165, 1.54) is 30.2 Å². The van der Waals surface area contributed by atoms with Crippen molar-refractivity contribution in [2.24, 2.45) is 0 Å². The van der Waals surface area contributed by atoms with Crippen molar-refractivity contribution >= 4 is 48.5 Å². The molecule has 1 aromatic heterocycles.